The summed E-state index contributed by atoms with van der Waals surface area (Å²) in [5.41, 5.74) is 7.79. The molecule has 0 aromatic heterocycles. The van der Waals surface area contributed by atoms with Crippen molar-refractivity contribution in [1.29, 1.82) is 0 Å². The van der Waals surface area contributed by atoms with Crippen molar-refractivity contribution in [3.8, 4) is 0 Å². The van der Waals surface area contributed by atoms with Crippen LogP contribution in [0.4, 0.5) is 0 Å². The molecule has 2 fully saturated rings. The Morgan fingerprint density at radius 1 is 0.630 bits per heavy atom. The lowest BCUT2D eigenvalue weighted by Crippen LogP contribution is -2.57. The van der Waals surface area contributed by atoms with Crippen molar-refractivity contribution in [3.63, 3.8) is 0 Å². The molecule has 10 unspecified atom stereocenters. The predicted molar refractivity (Wildman–Crippen MR) is 199 cm³/mol. The van der Waals surface area contributed by atoms with E-state index in [0.717, 1.165) is 23.7 Å². The smallest absolute Gasteiger partial charge is 0.0561 e. The van der Waals surface area contributed by atoms with Crippen LogP contribution in [0.25, 0.3) is 0 Å². The van der Waals surface area contributed by atoms with E-state index >= 15 is 0 Å². The number of hydrogen-bond donors (Lipinski definition) is 0. The van der Waals surface area contributed by atoms with Gasteiger partial charge >= 0.3 is 0 Å². The molecule has 2 aromatic carbocycles. The SMILES string of the molecule is CCCP1C2=C(C(C3C4=C(CC5CC4C5(C)C)P(CCC)N3C(C)c3ccccc3)N1C(C)c1ccccc1)C1CC(C2)C1(C)C. The number of hydrogen-bond acceptors (Lipinski definition) is 2. The summed E-state index contributed by atoms with van der Waals surface area (Å²) in [5.74, 6) is 3.26. The summed E-state index contributed by atoms with van der Waals surface area (Å²) >= 11 is 0. The zero-order chi connectivity index (χ0) is 32.1. The molecule has 2 heterocycles. The van der Waals surface area contributed by atoms with Gasteiger partial charge in [0.2, 0.25) is 0 Å². The summed E-state index contributed by atoms with van der Waals surface area (Å²) in [5, 5.41) is 3.90. The fourth-order valence-electron chi connectivity index (χ4n) is 11.2. The van der Waals surface area contributed by atoms with Crippen molar-refractivity contribution in [2.24, 2.45) is 34.5 Å². The summed E-state index contributed by atoms with van der Waals surface area (Å²) in [4.78, 5) is 0. The highest BCUT2D eigenvalue weighted by Crippen LogP contribution is 2.79. The molecular weight excluding hydrogens is 594 g/mol. The maximum Gasteiger partial charge on any atom is 0.0561 e. The molecule has 8 aliphatic rings. The van der Waals surface area contributed by atoms with Crippen LogP contribution in [0.2, 0.25) is 0 Å². The van der Waals surface area contributed by atoms with Crippen LogP contribution in [0, 0.1) is 34.5 Å². The van der Waals surface area contributed by atoms with Gasteiger partial charge in [-0.2, -0.15) is 0 Å². The van der Waals surface area contributed by atoms with E-state index < -0.39 is 0 Å². The molecule has 10 atom stereocenters. The lowest BCUT2D eigenvalue weighted by Gasteiger charge is -2.60. The molecule has 2 aromatic rings. The van der Waals surface area contributed by atoms with Crippen LogP contribution in [-0.4, -0.2) is 33.7 Å². The van der Waals surface area contributed by atoms with Gasteiger partial charge in [-0.15, -0.1) is 0 Å². The summed E-state index contributed by atoms with van der Waals surface area (Å²) in [6.07, 6.45) is 10.9. The Morgan fingerprint density at radius 3 is 1.33 bits per heavy atom. The average molecular weight is 653 g/mol. The third-order valence-electron chi connectivity index (χ3n) is 14.2. The Morgan fingerprint density at radius 2 is 1.00 bits per heavy atom. The minimum absolute atomic E-state index is 0.316. The Bertz CT molecular complexity index is 1410. The third kappa shape index (κ3) is 4.48. The molecule has 0 spiro atoms. The van der Waals surface area contributed by atoms with E-state index in [-0.39, 0.29) is 16.1 Å². The topological polar surface area (TPSA) is 6.48 Å². The minimum Gasteiger partial charge on any atom is -0.262 e. The second kappa shape index (κ2) is 11.7. The highest BCUT2D eigenvalue weighted by atomic mass is 31.1. The van der Waals surface area contributed by atoms with Gasteiger partial charge in [0.15, 0.2) is 0 Å². The van der Waals surface area contributed by atoms with E-state index in [1.807, 2.05) is 21.8 Å². The quantitative estimate of drug-likeness (QED) is 0.249. The fraction of sp³-hybridized carbons (Fsp3) is 0.619. The van der Waals surface area contributed by atoms with Crippen LogP contribution < -0.4 is 0 Å². The molecule has 0 N–H and O–H groups in total. The van der Waals surface area contributed by atoms with E-state index in [1.165, 1.54) is 62.0 Å². The summed E-state index contributed by atoms with van der Waals surface area (Å²) in [6.45, 7) is 20.6. The molecule has 4 heteroatoms. The second-order valence-corrected chi connectivity index (χ2v) is 21.4. The Balaban J connectivity index is 1.35. The molecule has 0 amide bonds. The lowest BCUT2D eigenvalue weighted by atomic mass is 9.46. The van der Waals surface area contributed by atoms with Crippen LogP contribution in [0.15, 0.2) is 82.4 Å². The molecule has 0 saturated heterocycles. The molecular formula is C42H58N2P2. The standard InChI is InChI=1S/C42H58N2P2/c1-9-21-45-35-25-31-23-33(41(31,5)6)37(35)39(43(45)27(3)29-17-13-11-14-18-29)40-38-34-24-32(42(34,7)8)26-36(38)46(22-10-2)44(40)28(4)30-19-15-12-16-20-30/h11-20,27-28,31-34,39-40H,9-10,21-26H2,1-8H3. The third-order valence-corrected chi connectivity index (χ3v) is 20.3. The Hall–Kier alpha value is -1.30. The molecule has 10 rings (SSSR count). The van der Waals surface area contributed by atoms with Gasteiger partial charge in [-0.3, -0.25) is 9.34 Å². The van der Waals surface area contributed by atoms with E-state index in [4.69, 9.17) is 0 Å². The predicted octanol–water partition coefficient (Wildman–Crippen LogP) is 12.1. The summed E-state index contributed by atoms with van der Waals surface area (Å²) < 4.78 is 6.41. The number of rotatable bonds is 9. The average Bonchev–Trinajstić information content (AvgIpc) is 3.57. The van der Waals surface area contributed by atoms with Gasteiger partial charge in [0.1, 0.15) is 0 Å². The minimum atomic E-state index is -0.316. The van der Waals surface area contributed by atoms with Crippen LogP contribution in [0.5, 0.6) is 0 Å². The molecule has 46 heavy (non-hydrogen) atoms. The summed E-state index contributed by atoms with van der Waals surface area (Å²) in [7, 11) is -0.632. The first-order valence-corrected chi connectivity index (χ1v) is 21.7. The largest absolute Gasteiger partial charge is 0.262 e. The highest BCUT2D eigenvalue weighted by Gasteiger charge is 2.66. The van der Waals surface area contributed by atoms with E-state index in [9.17, 15) is 0 Å². The first kappa shape index (κ1) is 31.9. The molecule has 2 nitrogen and oxygen atoms in total. The second-order valence-electron chi connectivity index (χ2n) is 16.9. The Labute approximate surface area is 283 Å². The Kier molecular flexibility index (Phi) is 8.09. The molecule has 2 saturated carbocycles. The van der Waals surface area contributed by atoms with Crippen molar-refractivity contribution < 1.29 is 0 Å². The van der Waals surface area contributed by atoms with E-state index in [0.29, 0.717) is 35.0 Å². The summed E-state index contributed by atoms with van der Waals surface area (Å²) in [6, 6.07) is 25.1. The number of allylic oxidation sites excluding steroid dienone is 2. The monoisotopic (exact) mass is 652 g/mol. The van der Waals surface area contributed by atoms with Gasteiger partial charge in [-0.1, -0.05) is 115 Å². The van der Waals surface area contributed by atoms with Gasteiger partial charge in [-0.05, 0) is 135 Å². The number of nitrogens with zero attached hydrogens (tertiary/aromatic N) is 2. The van der Waals surface area contributed by atoms with E-state index in [1.54, 1.807) is 0 Å². The molecule has 4 bridgehead atoms. The van der Waals surface area contributed by atoms with Gasteiger partial charge in [0.05, 0.1) is 12.1 Å². The van der Waals surface area contributed by atoms with E-state index in [2.05, 4.69) is 125 Å². The molecule has 6 aliphatic carbocycles. The van der Waals surface area contributed by atoms with Crippen molar-refractivity contribution in [1.82, 2.24) is 9.34 Å². The van der Waals surface area contributed by atoms with Crippen molar-refractivity contribution in [2.45, 2.75) is 118 Å². The van der Waals surface area contributed by atoms with Gasteiger partial charge < -0.3 is 0 Å². The van der Waals surface area contributed by atoms with Gasteiger partial charge in [0.25, 0.3) is 0 Å². The van der Waals surface area contributed by atoms with Crippen molar-refractivity contribution >= 4 is 16.1 Å². The van der Waals surface area contributed by atoms with Crippen LogP contribution in [-0.2, 0) is 0 Å². The van der Waals surface area contributed by atoms with Gasteiger partial charge in [0, 0.05) is 12.1 Å². The zero-order valence-corrected chi connectivity index (χ0v) is 31.6. The fourth-order valence-corrected chi connectivity index (χ4v) is 17.9. The van der Waals surface area contributed by atoms with Crippen LogP contribution >= 0.6 is 16.1 Å². The normalized spacial score (nSPS) is 37.0. The maximum atomic E-state index is 3.21. The van der Waals surface area contributed by atoms with Gasteiger partial charge in [-0.25, -0.2) is 0 Å². The first-order chi connectivity index (χ1) is 22.1. The number of benzene rings is 2. The molecule has 0 radical (unpaired) electrons. The molecule has 246 valence electrons. The lowest BCUT2D eigenvalue weighted by molar-refractivity contribution is -0.0255. The molecule has 2 aliphatic heterocycles. The first-order valence-electron chi connectivity index (χ1n) is 18.8. The highest BCUT2D eigenvalue weighted by molar-refractivity contribution is 7.60. The zero-order valence-electron chi connectivity index (χ0n) is 29.8. The van der Waals surface area contributed by atoms with Crippen LogP contribution in [0.3, 0.4) is 0 Å². The van der Waals surface area contributed by atoms with Crippen molar-refractivity contribution in [3.05, 3.63) is 93.6 Å². The van der Waals surface area contributed by atoms with Crippen molar-refractivity contribution in [2.75, 3.05) is 12.3 Å². The van der Waals surface area contributed by atoms with Crippen LogP contribution in [0.1, 0.15) is 117 Å². The maximum absolute atomic E-state index is 3.21.